The molecule has 0 saturated carbocycles. The maximum atomic E-state index is 12.7. The minimum absolute atomic E-state index is 0.165. The van der Waals surface area contributed by atoms with E-state index in [4.69, 9.17) is 9.84 Å². The number of esters is 1. The van der Waals surface area contributed by atoms with Crippen molar-refractivity contribution in [1.82, 2.24) is 5.32 Å². The number of hydrogen-bond donors (Lipinski definition) is 2. The Morgan fingerprint density at radius 1 is 0.538 bits per heavy atom. The lowest BCUT2D eigenvalue weighted by Gasteiger charge is -2.14. The molecule has 2 N–H and O–H groups in total. The minimum Gasteiger partial charge on any atom is -0.480 e. The zero-order chi connectivity index (χ0) is 38.0. The fourth-order valence-corrected chi connectivity index (χ4v) is 5.49. The smallest absolute Gasteiger partial charge is 0.322 e. The molecule has 0 aliphatic rings. The second-order valence-corrected chi connectivity index (χ2v) is 13.5. The Balaban J connectivity index is 4.26. The Morgan fingerprint density at radius 3 is 1.54 bits per heavy atom. The normalized spacial score (nSPS) is 13.0. The van der Waals surface area contributed by atoms with E-state index in [0.717, 1.165) is 57.8 Å². The van der Waals surface area contributed by atoms with Gasteiger partial charge in [0.1, 0.15) is 12.6 Å². The quantitative estimate of drug-likeness (QED) is 0.0382. The molecule has 0 fully saturated rings. The van der Waals surface area contributed by atoms with Crippen molar-refractivity contribution in [1.29, 1.82) is 0 Å². The average molecular weight is 722 g/mol. The van der Waals surface area contributed by atoms with Crippen molar-refractivity contribution < 1.29 is 24.2 Å². The molecular weight excluding hydrogens is 647 g/mol. The van der Waals surface area contributed by atoms with Gasteiger partial charge in [-0.3, -0.25) is 14.4 Å². The zero-order valence-electron chi connectivity index (χ0n) is 33.1. The summed E-state index contributed by atoms with van der Waals surface area (Å²) in [6.45, 7) is 4.02. The fraction of sp³-hybridized carbons (Fsp3) is 0.630. The summed E-state index contributed by atoms with van der Waals surface area (Å²) in [6, 6.07) is 0. The number of allylic oxidation sites excluding steroid dienone is 13. The predicted molar refractivity (Wildman–Crippen MR) is 221 cm³/mol. The number of carboxylic acid groups (broad SMARTS) is 1. The van der Waals surface area contributed by atoms with Crippen molar-refractivity contribution in [3.8, 4) is 0 Å². The molecule has 0 saturated heterocycles. The Labute approximate surface area is 318 Å². The van der Waals surface area contributed by atoms with E-state index >= 15 is 0 Å². The molecule has 0 heterocycles. The van der Waals surface area contributed by atoms with Crippen molar-refractivity contribution in [2.75, 3.05) is 6.54 Å². The Kier molecular flexibility index (Phi) is 37.7. The molecule has 0 aromatic carbocycles. The van der Waals surface area contributed by atoms with E-state index in [9.17, 15) is 14.4 Å². The molecule has 0 radical (unpaired) electrons. The highest BCUT2D eigenvalue weighted by Crippen LogP contribution is 2.14. The number of ether oxygens (including phenoxy) is 1. The summed E-state index contributed by atoms with van der Waals surface area (Å²) < 4.78 is 5.83. The van der Waals surface area contributed by atoms with Gasteiger partial charge in [-0.05, 0) is 96.0 Å². The Bertz CT molecular complexity index is 1060. The summed E-state index contributed by atoms with van der Waals surface area (Å²) in [7, 11) is 0. The van der Waals surface area contributed by atoms with Gasteiger partial charge < -0.3 is 15.2 Å². The molecule has 0 aliphatic carbocycles. The molecule has 0 rings (SSSR count). The number of amides is 1. The van der Waals surface area contributed by atoms with Gasteiger partial charge >= 0.3 is 11.9 Å². The predicted octanol–water partition coefficient (Wildman–Crippen LogP) is 12.8. The van der Waals surface area contributed by atoms with E-state index in [-0.39, 0.29) is 30.9 Å². The van der Waals surface area contributed by atoms with Crippen LogP contribution in [0.4, 0.5) is 0 Å². The molecule has 6 heteroatoms. The first-order chi connectivity index (χ1) is 25.5. The molecule has 0 bridgehead atoms. The highest BCUT2D eigenvalue weighted by molar-refractivity contribution is 5.80. The van der Waals surface area contributed by atoms with Gasteiger partial charge in [-0.25, -0.2) is 0 Å². The summed E-state index contributed by atoms with van der Waals surface area (Å²) in [5.74, 6) is -1.49. The molecule has 0 spiro atoms. The third kappa shape index (κ3) is 39.4. The summed E-state index contributed by atoms with van der Waals surface area (Å²) in [5.41, 5.74) is 0. The number of aliphatic carboxylic acids is 1. The Hall–Kier alpha value is -3.41. The summed E-state index contributed by atoms with van der Waals surface area (Å²) in [6.07, 6.45) is 55.7. The molecule has 294 valence electrons. The van der Waals surface area contributed by atoms with Gasteiger partial charge in [0.25, 0.3) is 0 Å². The third-order valence-electron chi connectivity index (χ3n) is 8.54. The van der Waals surface area contributed by atoms with Gasteiger partial charge in [0.15, 0.2) is 0 Å². The second kappa shape index (κ2) is 40.4. The van der Waals surface area contributed by atoms with Crippen LogP contribution in [0.1, 0.15) is 174 Å². The van der Waals surface area contributed by atoms with Gasteiger partial charge in [0.05, 0.1) is 0 Å². The van der Waals surface area contributed by atoms with Crippen LogP contribution in [-0.2, 0) is 19.1 Å². The SMILES string of the molecule is CC/C=C\C/C=C\C/C=C\C/C=C\C/C=C\C(CCCCC(=O)NCC(=O)O)OC(=O)CCCCCCCCCCC/C=C\C/C=C\CCCCC. The van der Waals surface area contributed by atoms with Crippen LogP contribution in [0.3, 0.4) is 0 Å². The average Bonchev–Trinajstić information content (AvgIpc) is 3.13. The van der Waals surface area contributed by atoms with E-state index in [1.54, 1.807) is 0 Å². The number of unbranched alkanes of at least 4 members (excludes halogenated alkanes) is 13. The number of carbonyl (C=O) groups is 3. The van der Waals surface area contributed by atoms with Crippen LogP contribution in [0.15, 0.2) is 85.1 Å². The van der Waals surface area contributed by atoms with Gasteiger partial charge in [0.2, 0.25) is 5.91 Å². The maximum Gasteiger partial charge on any atom is 0.322 e. The van der Waals surface area contributed by atoms with Crippen LogP contribution in [0.2, 0.25) is 0 Å². The van der Waals surface area contributed by atoms with Crippen LogP contribution < -0.4 is 5.32 Å². The maximum absolute atomic E-state index is 12.7. The lowest BCUT2D eigenvalue weighted by atomic mass is 10.1. The van der Waals surface area contributed by atoms with Crippen LogP contribution >= 0.6 is 0 Å². The van der Waals surface area contributed by atoms with Crippen molar-refractivity contribution in [3.63, 3.8) is 0 Å². The molecule has 1 atom stereocenters. The lowest BCUT2D eigenvalue weighted by Crippen LogP contribution is -2.28. The third-order valence-corrected chi connectivity index (χ3v) is 8.54. The van der Waals surface area contributed by atoms with Crippen LogP contribution in [0, 0.1) is 0 Å². The van der Waals surface area contributed by atoms with Crippen LogP contribution in [0.25, 0.3) is 0 Å². The topological polar surface area (TPSA) is 92.7 Å². The second-order valence-electron chi connectivity index (χ2n) is 13.5. The molecule has 0 aliphatic heterocycles. The number of nitrogens with one attached hydrogen (secondary N) is 1. The minimum atomic E-state index is -1.06. The van der Waals surface area contributed by atoms with E-state index in [2.05, 4.69) is 92.1 Å². The van der Waals surface area contributed by atoms with Gasteiger partial charge in [0, 0.05) is 12.8 Å². The van der Waals surface area contributed by atoms with Gasteiger partial charge in [-0.2, -0.15) is 0 Å². The van der Waals surface area contributed by atoms with E-state index in [1.807, 2.05) is 12.2 Å². The van der Waals surface area contributed by atoms with Crippen LogP contribution in [-0.4, -0.2) is 35.6 Å². The first-order valence-electron chi connectivity index (χ1n) is 20.7. The lowest BCUT2D eigenvalue weighted by molar-refractivity contribution is -0.147. The molecule has 1 unspecified atom stereocenters. The first-order valence-corrected chi connectivity index (χ1v) is 20.7. The summed E-state index contributed by atoms with van der Waals surface area (Å²) in [4.78, 5) is 35.2. The zero-order valence-corrected chi connectivity index (χ0v) is 33.1. The Morgan fingerprint density at radius 2 is 1.00 bits per heavy atom. The van der Waals surface area contributed by atoms with Gasteiger partial charge in [-0.1, -0.05) is 151 Å². The highest BCUT2D eigenvalue weighted by Gasteiger charge is 2.12. The number of rotatable bonds is 36. The summed E-state index contributed by atoms with van der Waals surface area (Å²) >= 11 is 0. The monoisotopic (exact) mass is 722 g/mol. The fourth-order valence-electron chi connectivity index (χ4n) is 5.49. The number of carboxylic acids is 1. The van der Waals surface area contributed by atoms with Crippen LogP contribution in [0.5, 0.6) is 0 Å². The van der Waals surface area contributed by atoms with Crippen molar-refractivity contribution >= 4 is 17.8 Å². The molecule has 6 nitrogen and oxygen atoms in total. The van der Waals surface area contributed by atoms with E-state index < -0.39 is 5.97 Å². The molecular formula is C46H75NO5. The summed E-state index contributed by atoms with van der Waals surface area (Å²) in [5, 5.41) is 11.1. The van der Waals surface area contributed by atoms with Gasteiger partial charge in [-0.15, -0.1) is 0 Å². The largest absolute Gasteiger partial charge is 0.480 e. The number of hydrogen-bond acceptors (Lipinski definition) is 4. The first kappa shape index (κ1) is 48.6. The highest BCUT2D eigenvalue weighted by atomic mass is 16.5. The van der Waals surface area contributed by atoms with Crippen molar-refractivity contribution in [3.05, 3.63) is 85.1 Å². The van der Waals surface area contributed by atoms with E-state index in [1.165, 1.54) is 70.6 Å². The van der Waals surface area contributed by atoms with Crippen molar-refractivity contribution in [2.45, 2.75) is 180 Å². The molecule has 0 aromatic rings. The van der Waals surface area contributed by atoms with Crippen molar-refractivity contribution in [2.24, 2.45) is 0 Å². The molecule has 0 aromatic heterocycles. The standard InChI is InChI=1S/C46H75NO5/c1-3-5-7-9-11-13-15-17-19-20-21-22-23-25-27-29-31-33-35-41-46(51)52-43(39-36-37-40-44(48)47-42-45(49)50)38-34-32-30-28-26-24-18-16-14-12-10-8-6-4-2/h6,8,11-14,17-19,24,28,30,34,38,43H,3-5,7,9-10,15-16,20-23,25-27,29,31-33,35-37,39-42H2,1-2H3,(H,47,48)(H,49,50)/b8-6-,13-11-,14-12-,19-17-,24-18-,30-28-,38-34-. The molecule has 52 heavy (non-hydrogen) atoms. The van der Waals surface area contributed by atoms with E-state index in [0.29, 0.717) is 25.7 Å². The molecule has 1 amide bonds. The number of carbonyl (C=O) groups excluding carboxylic acids is 2.